The van der Waals surface area contributed by atoms with Gasteiger partial charge in [0.05, 0.1) is 28.9 Å². The summed E-state index contributed by atoms with van der Waals surface area (Å²) in [6.45, 7) is 8.41. The summed E-state index contributed by atoms with van der Waals surface area (Å²) < 4.78 is 11.3. The van der Waals surface area contributed by atoms with Crippen molar-refractivity contribution in [1.82, 2.24) is 5.32 Å². The Hall–Kier alpha value is -2.44. The van der Waals surface area contributed by atoms with Crippen molar-refractivity contribution in [3.8, 4) is 11.5 Å². The topological polar surface area (TPSA) is 76.7 Å². The maximum atomic E-state index is 12.8. The van der Waals surface area contributed by atoms with Crippen molar-refractivity contribution in [1.29, 1.82) is 0 Å². The molecule has 0 aliphatic carbocycles. The fourth-order valence-corrected chi connectivity index (χ4v) is 3.04. The molecule has 8 heteroatoms. The maximum Gasteiger partial charge on any atom is 0.255 e. The van der Waals surface area contributed by atoms with Gasteiger partial charge in [-0.15, -0.1) is 0 Å². The number of hydrogen-bond acceptors (Lipinski definition) is 4. The Balaban J connectivity index is 2.30. The van der Waals surface area contributed by atoms with E-state index < -0.39 is 5.91 Å². The summed E-state index contributed by atoms with van der Waals surface area (Å²) in [6, 6.07) is 7.75. The molecule has 0 bridgehead atoms. The van der Waals surface area contributed by atoms with Gasteiger partial charge in [0.15, 0.2) is 11.5 Å². The fraction of sp³-hybridized carbons (Fsp3) is 0.364. The number of halogens is 2. The van der Waals surface area contributed by atoms with Gasteiger partial charge >= 0.3 is 0 Å². The highest BCUT2D eigenvalue weighted by Crippen LogP contribution is 2.37. The van der Waals surface area contributed by atoms with E-state index in [2.05, 4.69) is 10.6 Å². The second-order valence-electron chi connectivity index (χ2n) is 6.84. The second-order valence-corrected chi connectivity index (χ2v) is 7.66. The summed E-state index contributed by atoms with van der Waals surface area (Å²) in [6.07, 6.45) is 0.809. The highest BCUT2D eigenvalue weighted by molar-refractivity contribution is 6.34. The summed E-state index contributed by atoms with van der Waals surface area (Å²) in [5.41, 5.74) is 0.985. The quantitative estimate of drug-likeness (QED) is 0.521. The van der Waals surface area contributed by atoms with Gasteiger partial charge < -0.3 is 20.1 Å². The summed E-state index contributed by atoms with van der Waals surface area (Å²) in [7, 11) is 0. The number of carbonyl (C=O) groups is 2. The number of nitrogens with one attached hydrogen (secondary N) is 2. The van der Waals surface area contributed by atoms with E-state index in [1.165, 1.54) is 12.1 Å². The normalized spacial score (nSPS) is 10.6. The van der Waals surface area contributed by atoms with E-state index in [9.17, 15) is 9.59 Å². The maximum absolute atomic E-state index is 12.8. The van der Waals surface area contributed by atoms with E-state index in [4.69, 9.17) is 32.7 Å². The van der Waals surface area contributed by atoms with Crippen LogP contribution in [0.2, 0.25) is 10.0 Å². The molecule has 0 atom stereocenters. The highest BCUT2D eigenvalue weighted by atomic mass is 35.5. The Morgan fingerprint density at radius 1 is 0.967 bits per heavy atom. The minimum absolute atomic E-state index is 0.0150. The Bertz CT molecular complexity index is 916. The van der Waals surface area contributed by atoms with Gasteiger partial charge in [-0.1, -0.05) is 30.1 Å². The Morgan fingerprint density at radius 2 is 1.70 bits per heavy atom. The lowest BCUT2D eigenvalue weighted by Gasteiger charge is -2.15. The largest absolute Gasteiger partial charge is 0.490 e. The van der Waals surface area contributed by atoms with Crippen molar-refractivity contribution in [3.05, 3.63) is 51.5 Å². The van der Waals surface area contributed by atoms with Crippen molar-refractivity contribution in [3.63, 3.8) is 0 Å². The molecule has 2 aromatic rings. The van der Waals surface area contributed by atoms with Crippen LogP contribution in [0.25, 0.3) is 0 Å². The van der Waals surface area contributed by atoms with Gasteiger partial charge in [0.1, 0.15) is 0 Å². The Kier molecular flexibility index (Phi) is 8.81. The zero-order valence-electron chi connectivity index (χ0n) is 17.5. The second kappa shape index (κ2) is 11.1. The van der Waals surface area contributed by atoms with Gasteiger partial charge in [0, 0.05) is 17.2 Å². The predicted molar refractivity (Wildman–Crippen MR) is 120 cm³/mol. The van der Waals surface area contributed by atoms with Crippen LogP contribution >= 0.6 is 23.2 Å². The van der Waals surface area contributed by atoms with Gasteiger partial charge in [-0.25, -0.2) is 0 Å². The summed E-state index contributed by atoms with van der Waals surface area (Å²) in [5.74, 6) is 0.0987. The standard InChI is InChI=1S/C22H26Cl2N2O4/c1-5-9-30-20-17(24)10-15(12-19(20)29-6-2)22(28)26-18-11-14(7-8-16(18)23)21(27)25-13(3)4/h7-8,10-13H,5-6,9H2,1-4H3,(H,25,27)(H,26,28). The zero-order chi connectivity index (χ0) is 22.3. The van der Waals surface area contributed by atoms with Crippen LogP contribution in [0.4, 0.5) is 5.69 Å². The number of carbonyl (C=O) groups excluding carboxylic acids is 2. The van der Waals surface area contributed by atoms with Crippen molar-refractivity contribution >= 4 is 40.7 Å². The smallest absolute Gasteiger partial charge is 0.255 e. The van der Waals surface area contributed by atoms with Crippen LogP contribution in [0.15, 0.2) is 30.3 Å². The minimum atomic E-state index is -0.441. The first-order chi connectivity index (χ1) is 14.3. The molecule has 162 valence electrons. The molecule has 2 aromatic carbocycles. The van der Waals surface area contributed by atoms with E-state index in [0.717, 1.165) is 6.42 Å². The molecule has 0 radical (unpaired) electrons. The van der Waals surface area contributed by atoms with Crippen LogP contribution in [-0.2, 0) is 0 Å². The molecule has 0 unspecified atom stereocenters. The van der Waals surface area contributed by atoms with Gasteiger partial charge in [0.2, 0.25) is 0 Å². The van der Waals surface area contributed by atoms with E-state index in [1.54, 1.807) is 18.2 Å². The Labute approximate surface area is 186 Å². The molecular weight excluding hydrogens is 427 g/mol. The van der Waals surface area contributed by atoms with E-state index in [1.807, 2.05) is 27.7 Å². The molecule has 30 heavy (non-hydrogen) atoms. The molecule has 0 aliphatic rings. The lowest BCUT2D eigenvalue weighted by atomic mass is 10.1. The van der Waals surface area contributed by atoms with Crippen LogP contribution < -0.4 is 20.1 Å². The van der Waals surface area contributed by atoms with E-state index in [-0.39, 0.29) is 22.5 Å². The highest BCUT2D eigenvalue weighted by Gasteiger charge is 2.18. The third-order valence-electron chi connectivity index (χ3n) is 3.92. The lowest BCUT2D eigenvalue weighted by Crippen LogP contribution is -2.30. The SMILES string of the molecule is CCCOc1c(Cl)cc(C(=O)Nc2cc(C(=O)NC(C)C)ccc2Cl)cc1OCC. The molecule has 0 aromatic heterocycles. The molecule has 0 saturated heterocycles. The van der Waals surface area contributed by atoms with Crippen molar-refractivity contribution in [2.75, 3.05) is 18.5 Å². The van der Waals surface area contributed by atoms with Crippen LogP contribution in [-0.4, -0.2) is 31.1 Å². The number of hydrogen-bond donors (Lipinski definition) is 2. The first kappa shape index (κ1) is 23.8. The van der Waals surface area contributed by atoms with E-state index in [0.29, 0.717) is 41.0 Å². The summed E-state index contributed by atoms with van der Waals surface area (Å²) in [5, 5.41) is 6.11. The molecule has 0 saturated carbocycles. The molecule has 2 rings (SSSR count). The number of benzene rings is 2. The van der Waals surface area contributed by atoms with Gasteiger partial charge in [-0.05, 0) is 57.5 Å². The monoisotopic (exact) mass is 452 g/mol. The number of ether oxygens (including phenoxy) is 2. The molecule has 6 nitrogen and oxygen atoms in total. The molecule has 2 amide bonds. The van der Waals surface area contributed by atoms with Crippen molar-refractivity contribution in [2.45, 2.75) is 40.2 Å². The summed E-state index contributed by atoms with van der Waals surface area (Å²) >= 11 is 12.6. The minimum Gasteiger partial charge on any atom is -0.490 e. The molecule has 0 heterocycles. The average molecular weight is 453 g/mol. The van der Waals surface area contributed by atoms with Gasteiger partial charge in [-0.2, -0.15) is 0 Å². The van der Waals surface area contributed by atoms with Crippen LogP contribution in [0.1, 0.15) is 54.8 Å². The first-order valence-electron chi connectivity index (χ1n) is 9.77. The van der Waals surface area contributed by atoms with Crippen LogP contribution in [0.3, 0.4) is 0 Å². The molecule has 0 fully saturated rings. The average Bonchev–Trinajstić information content (AvgIpc) is 2.68. The third kappa shape index (κ3) is 6.28. The number of anilines is 1. The lowest BCUT2D eigenvalue weighted by molar-refractivity contribution is 0.0941. The van der Waals surface area contributed by atoms with Gasteiger partial charge in [0.25, 0.3) is 11.8 Å². The molecule has 0 aliphatic heterocycles. The van der Waals surface area contributed by atoms with Crippen LogP contribution in [0, 0.1) is 0 Å². The van der Waals surface area contributed by atoms with Crippen LogP contribution in [0.5, 0.6) is 11.5 Å². The molecule has 2 N–H and O–H groups in total. The number of amides is 2. The first-order valence-corrected chi connectivity index (χ1v) is 10.5. The van der Waals surface area contributed by atoms with Crippen molar-refractivity contribution < 1.29 is 19.1 Å². The molecular formula is C22H26Cl2N2O4. The summed E-state index contributed by atoms with van der Waals surface area (Å²) in [4.78, 5) is 25.1. The van der Waals surface area contributed by atoms with Gasteiger partial charge in [-0.3, -0.25) is 9.59 Å². The predicted octanol–water partition coefficient (Wildman–Crippen LogP) is 5.57. The number of rotatable bonds is 9. The fourth-order valence-electron chi connectivity index (χ4n) is 2.61. The van der Waals surface area contributed by atoms with E-state index >= 15 is 0 Å². The van der Waals surface area contributed by atoms with Crippen molar-refractivity contribution in [2.24, 2.45) is 0 Å². The third-order valence-corrected chi connectivity index (χ3v) is 4.53. The Morgan fingerprint density at radius 3 is 2.33 bits per heavy atom. The zero-order valence-corrected chi connectivity index (χ0v) is 19.0. The molecule has 0 spiro atoms.